The zero-order chi connectivity index (χ0) is 19.4. The number of fused-ring (bicyclic) bond motifs is 1. The van der Waals surface area contributed by atoms with Crippen molar-refractivity contribution in [3.8, 4) is 5.75 Å². The number of carbonyl (C=O) groups excluding carboxylic acids is 1. The average Bonchev–Trinajstić information content (AvgIpc) is 3.08. The first-order valence-electron chi connectivity index (χ1n) is 9.14. The van der Waals surface area contributed by atoms with Gasteiger partial charge in [-0.05, 0) is 29.2 Å². The molecule has 142 valence electrons. The summed E-state index contributed by atoms with van der Waals surface area (Å²) in [6.07, 6.45) is 1.87. The minimum Gasteiger partial charge on any atom is -0.497 e. The van der Waals surface area contributed by atoms with Crippen LogP contribution >= 0.6 is 0 Å². The first kappa shape index (κ1) is 19.0. The molecule has 0 saturated heterocycles. The molecule has 0 saturated carbocycles. The second kappa shape index (κ2) is 8.27. The molecule has 0 spiro atoms. The van der Waals surface area contributed by atoms with Crippen LogP contribution in [0, 0.1) is 0 Å². The number of methoxy groups -OCH3 is 1. The largest absolute Gasteiger partial charge is 0.497 e. The van der Waals surface area contributed by atoms with Crippen molar-refractivity contribution in [3.05, 3.63) is 65.4 Å². The number of furan rings is 1. The van der Waals surface area contributed by atoms with E-state index in [1.165, 1.54) is 5.56 Å². The van der Waals surface area contributed by atoms with Crippen LogP contribution in [0.25, 0.3) is 11.0 Å². The van der Waals surface area contributed by atoms with Crippen LogP contribution in [0.5, 0.6) is 5.75 Å². The summed E-state index contributed by atoms with van der Waals surface area (Å²) in [4.78, 5) is 12.3. The fraction of sp³-hybridized carbons (Fsp3) is 0.318. The first-order valence-corrected chi connectivity index (χ1v) is 9.14. The Balaban J connectivity index is 1.58. The molecule has 1 heterocycles. The zero-order valence-electron chi connectivity index (χ0n) is 16.0. The van der Waals surface area contributed by atoms with Gasteiger partial charge in [0, 0.05) is 29.6 Å². The predicted octanol–water partition coefficient (Wildman–Crippen LogP) is 3.92. The molecule has 0 radical (unpaired) electrons. The Labute approximate surface area is 159 Å². The molecule has 0 bridgehead atoms. The molecular weight excluding hydrogens is 340 g/mol. The van der Waals surface area contributed by atoms with Crippen LogP contribution in [-0.2, 0) is 11.2 Å². The molecule has 1 atom stereocenters. The Bertz CT molecular complexity index is 913. The molecule has 1 amide bonds. The van der Waals surface area contributed by atoms with Gasteiger partial charge in [-0.1, -0.05) is 38.1 Å². The third-order valence-electron chi connectivity index (χ3n) is 4.76. The van der Waals surface area contributed by atoms with Gasteiger partial charge in [0.1, 0.15) is 11.3 Å². The first-order chi connectivity index (χ1) is 13.0. The van der Waals surface area contributed by atoms with Gasteiger partial charge < -0.3 is 20.2 Å². The lowest BCUT2D eigenvalue weighted by atomic mass is 9.99. The number of ether oxygens (including phenoxy) is 1. The van der Waals surface area contributed by atoms with E-state index in [1.54, 1.807) is 13.4 Å². The maximum absolute atomic E-state index is 12.3. The molecule has 0 aliphatic rings. The Hall–Kier alpha value is -2.79. The second-order valence-electron chi connectivity index (χ2n) is 7.03. The summed E-state index contributed by atoms with van der Waals surface area (Å²) in [5, 5.41) is 3.83. The minimum absolute atomic E-state index is 0.0808. The topological polar surface area (TPSA) is 77.5 Å². The van der Waals surface area contributed by atoms with Gasteiger partial charge in [-0.3, -0.25) is 4.79 Å². The number of hydrogen-bond acceptors (Lipinski definition) is 4. The lowest BCUT2D eigenvalue weighted by molar-refractivity contribution is -0.120. The Morgan fingerprint density at radius 3 is 2.52 bits per heavy atom. The summed E-state index contributed by atoms with van der Waals surface area (Å²) < 4.78 is 10.7. The van der Waals surface area contributed by atoms with Crippen molar-refractivity contribution in [2.24, 2.45) is 5.73 Å². The fourth-order valence-electron chi connectivity index (χ4n) is 3.03. The third kappa shape index (κ3) is 4.49. The SMILES string of the molecule is COc1ccc2c(CC(=O)NCC(N)c3ccc(C(C)C)cc3)coc2c1. The van der Waals surface area contributed by atoms with Crippen molar-refractivity contribution in [2.45, 2.75) is 32.2 Å². The average molecular weight is 366 g/mol. The molecule has 27 heavy (non-hydrogen) atoms. The third-order valence-corrected chi connectivity index (χ3v) is 4.76. The van der Waals surface area contributed by atoms with Crippen LogP contribution in [0.1, 0.15) is 42.5 Å². The van der Waals surface area contributed by atoms with Gasteiger partial charge >= 0.3 is 0 Å². The molecule has 2 aromatic carbocycles. The number of benzene rings is 2. The molecule has 0 aliphatic carbocycles. The zero-order valence-corrected chi connectivity index (χ0v) is 16.0. The quantitative estimate of drug-likeness (QED) is 0.664. The number of nitrogens with two attached hydrogens (primary N) is 1. The molecular formula is C22H26N2O3. The standard InChI is InChI=1S/C22H26N2O3/c1-14(2)15-4-6-16(7-5-15)20(23)12-24-22(25)10-17-13-27-21-11-18(26-3)8-9-19(17)21/h4-9,11,13-14,20H,10,12,23H2,1-3H3,(H,24,25). The van der Waals surface area contributed by atoms with E-state index in [1.807, 2.05) is 30.3 Å². The van der Waals surface area contributed by atoms with E-state index < -0.39 is 0 Å². The Morgan fingerprint density at radius 1 is 1.15 bits per heavy atom. The van der Waals surface area contributed by atoms with Gasteiger partial charge in [-0.2, -0.15) is 0 Å². The van der Waals surface area contributed by atoms with E-state index in [9.17, 15) is 4.79 Å². The van der Waals surface area contributed by atoms with Gasteiger partial charge in [0.25, 0.3) is 0 Å². The molecule has 1 aromatic heterocycles. The summed E-state index contributed by atoms with van der Waals surface area (Å²) in [6, 6.07) is 13.6. The molecule has 0 aliphatic heterocycles. The number of rotatable bonds is 7. The van der Waals surface area contributed by atoms with E-state index in [0.717, 1.165) is 22.3 Å². The second-order valence-corrected chi connectivity index (χ2v) is 7.03. The fourth-order valence-corrected chi connectivity index (χ4v) is 3.03. The van der Waals surface area contributed by atoms with Crippen LogP contribution in [-0.4, -0.2) is 19.6 Å². The molecule has 5 heteroatoms. The molecule has 3 rings (SSSR count). The normalized spacial score (nSPS) is 12.3. The maximum atomic E-state index is 12.3. The van der Waals surface area contributed by atoms with Gasteiger partial charge in [0.2, 0.25) is 5.91 Å². The van der Waals surface area contributed by atoms with Crippen molar-refractivity contribution < 1.29 is 13.9 Å². The summed E-state index contributed by atoms with van der Waals surface area (Å²) in [5.74, 6) is 1.13. The highest BCUT2D eigenvalue weighted by molar-refractivity contribution is 5.88. The van der Waals surface area contributed by atoms with Gasteiger partial charge in [0.05, 0.1) is 19.8 Å². The Kier molecular flexibility index (Phi) is 5.81. The van der Waals surface area contributed by atoms with Crippen molar-refractivity contribution in [2.75, 3.05) is 13.7 Å². The molecule has 1 unspecified atom stereocenters. The van der Waals surface area contributed by atoms with Crippen LogP contribution in [0.3, 0.4) is 0 Å². The van der Waals surface area contributed by atoms with Crippen molar-refractivity contribution in [3.63, 3.8) is 0 Å². The molecule has 5 nitrogen and oxygen atoms in total. The van der Waals surface area contributed by atoms with Gasteiger partial charge in [-0.15, -0.1) is 0 Å². The van der Waals surface area contributed by atoms with Crippen LogP contribution in [0.15, 0.2) is 53.1 Å². The van der Waals surface area contributed by atoms with Crippen molar-refractivity contribution >= 4 is 16.9 Å². The monoisotopic (exact) mass is 366 g/mol. The number of carbonyl (C=O) groups is 1. The number of amides is 1. The number of nitrogens with one attached hydrogen (secondary N) is 1. The number of hydrogen-bond donors (Lipinski definition) is 2. The van der Waals surface area contributed by atoms with Crippen LogP contribution in [0.4, 0.5) is 0 Å². The van der Waals surface area contributed by atoms with Crippen molar-refractivity contribution in [1.82, 2.24) is 5.32 Å². The smallest absolute Gasteiger partial charge is 0.224 e. The minimum atomic E-state index is -0.236. The van der Waals surface area contributed by atoms with E-state index in [0.29, 0.717) is 18.0 Å². The van der Waals surface area contributed by atoms with E-state index in [4.69, 9.17) is 14.9 Å². The van der Waals surface area contributed by atoms with Gasteiger partial charge in [0.15, 0.2) is 0 Å². The summed E-state index contributed by atoms with van der Waals surface area (Å²) in [6.45, 7) is 4.71. The highest BCUT2D eigenvalue weighted by Gasteiger charge is 2.13. The van der Waals surface area contributed by atoms with E-state index in [2.05, 4.69) is 31.3 Å². The molecule has 0 fully saturated rings. The summed E-state index contributed by atoms with van der Waals surface area (Å²) in [5.41, 5.74) is 10.1. The lowest BCUT2D eigenvalue weighted by Gasteiger charge is -2.14. The highest BCUT2D eigenvalue weighted by Crippen LogP contribution is 2.26. The highest BCUT2D eigenvalue weighted by atomic mass is 16.5. The van der Waals surface area contributed by atoms with Crippen LogP contribution < -0.4 is 15.8 Å². The lowest BCUT2D eigenvalue weighted by Crippen LogP contribution is -2.32. The molecule has 3 N–H and O–H groups in total. The molecule has 3 aromatic rings. The van der Waals surface area contributed by atoms with Crippen LogP contribution in [0.2, 0.25) is 0 Å². The summed E-state index contributed by atoms with van der Waals surface area (Å²) in [7, 11) is 1.61. The van der Waals surface area contributed by atoms with E-state index >= 15 is 0 Å². The van der Waals surface area contributed by atoms with Gasteiger partial charge in [-0.25, -0.2) is 0 Å². The maximum Gasteiger partial charge on any atom is 0.224 e. The van der Waals surface area contributed by atoms with Crippen molar-refractivity contribution in [1.29, 1.82) is 0 Å². The van der Waals surface area contributed by atoms with E-state index in [-0.39, 0.29) is 18.4 Å². The summed E-state index contributed by atoms with van der Waals surface area (Å²) >= 11 is 0. The Morgan fingerprint density at radius 2 is 1.85 bits per heavy atom. The predicted molar refractivity (Wildman–Crippen MR) is 107 cm³/mol.